The number of thiophene rings is 1. The third-order valence-electron chi connectivity index (χ3n) is 5.19. The van der Waals surface area contributed by atoms with Gasteiger partial charge in [-0.1, -0.05) is 13.0 Å². The molecule has 0 fully saturated rings. The van der Waals surface area contributed by atoms with Gasteiger partial charge in [0.15, 0.2) is 5.65 Å². The number of hydrogen-bond acceptors (Lipinski definition) is 6. The molecule has 0 spiro atoms. The van der Waals surface area contributed by atoms with Gasteiger partial charge in [0, 0.05) is 30.5 Å². The average molecular weight is 471 g/mol. The van der Waals surface area contributed by atoms with Gasteiger partial charge in [-0.2, -0.15) is 5.10 Å². The Morgan fingerprint density at radius 1 is 1.24 bits per heavy atom. The summed E-state index contributed by atoms with van der Waals surface area (Å²) in [6, 6.07) is 8.90. The van der Waals surface area contributed by atoms with E-state index in [4.69, 9.17) is 4.98 Å². The molecule has 0 radical (unpaired) electrons. The van der Waals surface area contributed by atoms with E-state index in [-0.39, 0.29) is 18.5 Å². The maximum atomic E-state index is 12.8. The minimum atomic E-state index is -2.41. The van der Waals surface area contributed by atoms with Crippen molar-refractivity contribution in [2.24, 2.45) is 0 Å². The summed E-state index contributed by atoms with van der Waals surface area (Å²) >= 11 is 1.60. The first-order chi connectivity index (χ1) is 15.9. The number of aromatic nitrogens is 4. The maximum absolute atomic E-state index is 12.8. The Morgan fingerprint density at radius 3 is 2.82 bits per heavy atom. The first kappa shape index (κ1) is 22.9. The number of carbonyl (C=O) groups excluding carboxylic acids is 1. The Morgan fingerprint density at radius 2 is 2.09 bits per heavy atom. The molecule has 0 aliphatic carbocycles. The lowest BCUT2D eigenvalue weighted by Crippen LogP contribution is -2.43. The normalized spacial score (nSPS) is 12.5. The minimum Gasteiger partial charge on any atom is -0.348 e. The molecule has 1 unspecified atom stereocenters. The van der Waals surface area contributed by atoms with Crippen LogP contribution in [0.3, 0.4) is 0 Å². The summed E-state index contributed by atoms with van der Waals surface area (Å²) in [5, 5.41) is 9.24. The number of likely N-dealkylation sites (N-methyl/N-ethyl adjacent to an activating group) is 1. The quantitative estimate of drug-likeness (QED) is 0.396. The minimum absolute atomic E-state index is 0.289. The van der Waals surface area contributed by atoms with Crippen LogP contribution in [0.5, 0.6) is 0 Å². The summed E-state index contributed by atoms with van der Waals surface area (Å²) in [5.41, 5.74) is 3.20. The molecular formula is C23H24F2N6OS. The molecule has 1 N–H and O–H groups in total. The number of amides is 1. The van der Waals surface area contributed by atoms with Crippen LogP contribution in [0.1, 0.15) is 24.2 Å². The molecule has 4 aromatic rings. The molecular weight excluding hydrogens is 446 g/mol. The van der Waals surface area contributed by atoms with Crippen LogP contribution in [0.25, 0.3) is 27.5 Å². The van der Waals surface area contributed by atoms with Gasteiger partial charge in [0.05, 0.1) is 34.6 Å². The van der Waals surface area contributed by atoms with Gasteiger partial charge >= 0.3 is 0 Å². The first-order valence-corrected chi connectivity index (χ1v) is 11.5. The molecule has 10 heteroatoms. The standard InChI is InChI=1S/C23H24F2N6OS/c1-3-30(14-21(24)25)13-15(2)28-23(32)16-6-8-26-19(11-16)17-12-27-31-9-7-18(29-22(17)31)20-5-4-10-33-20/h4-12,15,21H,3,13-14H2,1-2H3,(H,28,32). The monoisotopic (exact) mass is 470 g/mol. The van der Waals surface area contributed by atoms with Gasteiger partial charge in [-0.05, 0) is 43.1 Å². The number of carbonyl (C=O) groups is 1. The van der Waals surface area contributed by atoms with Crippen LogP contribution >= 0.6 is 11.3 Å². The lowest BCUT2D eigenvalue weighted by Gasteiger charge is -2.24. The molecule has 172 valence electrons. The van der Waals surface area contributed by atoms with Gasteiger partial charge in [-0.3, -0.25) is 14.7 Å². The topological polar surface area (TPSA) is 75.4 Å². The molecule has 0 aliphatic heterocycles. The SMILES string of the molecule is CCN(CC(F)F)CC(C)NC(=O)c1ccnc(-c2cnn3ccc(-c4cccs4)nc23)c1. The first-order valence-electron chi connectivity index (χ1n) is 10.6. The molecule has 0 saturated heterocycles. The van der Waals surface area contributed by atoms with Gasteiger partial charge in [0.1, 0.15) is 0 Å². The van der Waals surface area contributed by atoms with Crippen molar-refractivity contribution in [2.75, 3.05) is 19.6 Å². The predicted molar refractivity (Wildman–Crippen MR) is 125 cm³/mol. The fourth-order valence-corrected chi connectivity index (χ4v) is 4.29. The van der Waals surface area contributed by atoms with E-state index in [1.54, 1.807) is 52.2 Å². The second-order valence-electron chi connectivity index (χ2n) is 7.66. The van der Waals surface area contributed by atoms with Crippen LogP contribution in [-0.4, -0.2) is 62.5 Å². The van der Waals surface area contributed by atoms with Gasteiger partial charge < -0.3 is 5.32 Å². The van der Waals surface area contributed by atoms with Gasteiger partial charge in [-0.25, -0.2) is 18.3 Å². The number of fused-ring (bicyclic) bond motifs is 1. The zero-order valence-electron chi connectivity index (χ0n) is 18.3. The third-order valence-corrected chi connectivity index (χ3v) is 6.09. The lowest BCUT2D eigenvalue weighted by molar-refractivity contribution is 0.0821. The van der Waals surface area contributed by atoms with E-state index in [0.717, 1.165) is 10.6 Å². The van der Waals surface area contributed by atoms with E-state index in [9.17, 15) is 13.6 Å². The second-order valence-corrected chi connectivity index (χ2v) is 8.61. The van der Waals surface area contributed by atoms with E-state index >= 15 is 0 Å². The second kappa shape index (κ2) is 10.1. The highest BCUT2D eigenvalue weighted by Crippen LogP contribution is 2.27. The number of halogens is 2. The van der Waals surface area contributed by atoms with Gasteiger partial charge in [-0.15, -0.1) is 11.3 Å². The van der Waals surface area contributed by atoms with Crippen molar-refractivity contribution in [3.63, 3.8) is 0 Å². The van der Waals surface area contributed by atoms with Crippen LogP contribution in [0.2, 0.25) is 0 Å². The van der Waals surface area contributed by atoms with Gasteiger partial charge in [0.25, 0.3) is 12.3 Å². The van der Waals surface area contributed by atoms with Gasteiger partial charge in [0.2, 0.25) is 0 Å². The largest absolute Gasteiger partial charge is 0.348 e. The molecule has 0 bridgehead atoms. The molecule has 4 rings (SSSR count). The number of pyridine rings is 1. The fraction of sp³-hybridized carbons (Fsp3) is 0.304. The van der Waals surface area contributed by atoms with Crippen molar-refractivity contribution in [3.8, 4) is 21.8 Å². The van der Waals surface area contributed by atoms with E-state index in [2.05, 4.69) is 15.4 Å². The Labute approximate surface area is 194 Å². The Kier molecular flexibility index (Phi) is 7.05. The van der Waals surface area contributed by atoms with Crippen LogP contribution in [-0.2, 0) is 0 Å². The summed E-state index contributed by atoms with van der Waals surface area (Å²) in [4.78, 5) is 24.6. The molecule has 1 amide bonds. The summed E-state index contributed by atoms with van der Waals surface area (Å²) in [6.45, 7) is 4.13. The van der Waals surface area contributed by atoms with E-state index in [0.29, 0.717) is 35.6 Å². The molecule has 0 saturated carbocycles. The number of nitrogens with zero attached hydrogens (tertiary/aromatic N) is 5. The van der Waals surface area contributed by atoms with E-state index < -0.39 is 6.43 Å². The summed E-state index contributed by atoms with van der Waals surface area (Å²) in [7, 11) is 0. The highest BCUT2D eigenvalue weighted by molar-refractivity contribution is 7.13. The maximum Gasteiger partial charge on any atom is 0.251 e. The van der Waals surface area contributed by atoms with Crippen molar-refractivity contribution in [1.29, 1.82) is 0 Å². The third kappa shape index (κ3) is 5.40. The highest BCUT2D eigenvalue weighted by atomic mass is 32.1. The molecule has 4 aromatic heterocycles. The smallest absolute Gasteiger partial charge is 0.251 e. The summed E-state index contributed by atoms with van der Waals surface area (Å²) in [6.07, 6.45) is 2.68. The molecule has 7 nitrogen and oxygen atoms in total. The van der Waals surface area contributed by atoms with E-state index in [1.807, 2.05) is 36.7 Å². The molecule has 4 heterocycles. The van der Waals surface area contributed by atoms with E-state index in [1.165, 1.54) is 0 Å². The van der Waals surface area contributed by atoms with Crippen LogP contribution < -0.4 is 5.32 Å². The Balaban J connectivity index is 1.54. The molecule has 0 aliphatic rings. The van der Waals surface area contributed by atoms with Crippen molar-refractivity contribution in [2.45, 2.75) is 26.3 Å². The predicted octanol–water partition coefficient (Wildman–Crippen LogP) is 4.23. The number of rotatable bonds is 9. The van der Waals surface area contributed by atoms with Crippen molar-refractivity contribution in [1.82, 2.24) is 29.8 Å². The fourth-order valence-electron chi connectivity index (χ4n) is 3.60. The molecule has 0 aromatic carbocycles. The zero-order valence-corrected chi connectivity index (χ0v) is 19.1. The zero-order chi connectivity index (χ0) is 23.4. The average Bonchev–Trinajstić information content (AvgIpc) is 3.48. The van der Waals surface area contributed by atoms with Crippen molar-refractivity contribution >= 4 is 22.9 Å². The summed E-state index contributed by atoms with van der Waals surface area (Å²) in [5.74, 6) is -0.289. The van der Waals surface area contributed by atoms with Crippen LogP contribution in [0.15, 0.2) is 54.3 Å². The van der Waals surface area contributed by atoms with Crippen molar-refractivity contribution < 1.29 is 13.6 Å². The summed E-state index contributed by atoms with van der Waals surface area (Å²) < 4.78 is 27.1. The highest BCUT2D eigenvalue weighted by Gasteiger charge is 2.17. The molecule has 1 atom stereocenters. The Bertz CT molecular complexity index is 1230. The molecule has 33 heavy (non-hydrogen) atoms. The Hall–Kier alpha value is -3.24. The lowest BCUT2D eigenvalue weighted by atomic mass is 10.1. The number of nitrogens with one attached hydrogen (secondary N) is 1. The van der Waals surface area contributed by atoms with Crippen LogP contribution in [0.4, 0.5) is 8.78 Å². The number of hydrogen-bond donors (Lipinski definition) is 1. The van der Waals surface area contributed by atoms with Crippen LogP contribution in [0, 0.1) is 0 Å². The van der Waals surface area contributed by atoms with Crippen molar-refractivity contribution in [3.05, 3.63) is 59.9 Å². The number of alkyl halides is 2.